The minimum absolute atomic E-state index is 0.117. The van der Waals surface area contributed by atoms with Crippen LogP contribution in [0.5, 0.6) is 5.75 Å². The van der Waals surface area contributed by atoms with Crippen LogP contribution in [-0.2, 0) is 28.3 Å². The van der Waals surface area contributed by atoms with Crippen LogP contribution in [0.1, 0.15) is 48.6 Å². The normalized spacial score (nSPS) is 18.1. The minimum Gasteiger partial charge on any atom is -0.491 e. The van der Waals surface area contributed by atoms with Gasteiger partial charge in [0.05, 0.1) is 12.4 Å². The Morgan fingerprint density at radius 1 is 0.903 bits per heavy atom. The topological polar surface area (TPSA) is 55.4 Å². The molecule has 4 nitrogen and oxygen atoms in total. The molecule has 1 aliphatic rings. The van der Waals surface area contributed by atoms with Gasteiger partial charge in [-0.3, -0.25) is 4.72 Å². The summed E-state index contributed by atoms with van der Waals surface area (Å²) in [4.78, 5) is 0. The smallest absolute Gasteiger partial charge is 0.229 e. The van der Waals surface area contributed by atoms with Gasteiger partial charge in [0.25, 0.3) is 0 Å². The molecule has 1 atom stereocenters. The number of aryl methyl sites for hydroxylation is 2. The molecule has 0 radical (unpaired) electrons. The molecular formula is C26H29NO3S. The quantitative estimate of drug-likeness (QED) is 0.592. The van der Waals surface area contributed by atoms with Gasteiger partial charge in [0.2, 0.25) is 10.0 Å². The summed E-state index contributed by atoms with van der Waals surface area (Å²) in [6.07, 6.45) is 3.17. The number of hydrogen-bond acceptors (Lipinski definition) is 3. The lowest BCUT2D eigenvalue weighted by Gasteiger charge is -2.34. The SMILES string of the molecule is CC(C)Oc1ccc2c(c1)CCc1ccccc1C2(C)c1cccc(NS(C)(=O)=O)c1. The minimum atomic E-state index is -3.36. The molecule has 3 aromatic rings. The summed E-state index contributed by atoms with van der Waals surface area (Å²) >= 11 is 0. The first-order chi connectivity index (χ1) is 14.7. The standard InChI is InChI=1S/C26H29NO3S/c1-18(2)30-23-14-15-25-20(16-23)13-12-19-8-5-6-11-24(19)26(25,3)21-9-7-10-22(17-21)27-31(4,28)29/h5-11,14-18,27H,12-13H2,1-4H3. The number of benzene rings is 3. The second-order valence-electron chi connectivity index (χ2n) is 8.72. The van der Waals surface area contributed by atoms with Gasteiger partial charge in [-0.1, -0.05) is 42.5 Å². The van der Waals surface area contributed by atoms with Crippen LogP contribution in [-0.4, -0.2) is 20.8 Å². The van der Waals surface area contributed by atoms with Gasteiger partial charge in [-0.15, -0.1) is 0 Å². The first-order valence-electron chi connectivity index (χ1n) is 10.6. The summed E-state index contributed by atoms with van der Waals surface area (Å²) < 4.78 is 32.2. The van der Waals surface area contributed by atoms with Crippen LogP contribution in [0, 0.1) is 0 Å². The van der Waals surface area contributed by atoms with Crippen molar-refractivity contribution in [3.63, 3.8) is 0 Å². The van der Waals surface area contributed by atoms with Gasteiger partial charge in [-0.2, -0.15) is 0 Å². The number of nitrogens with one attached hydrogen (secondary N) is 1. The van der Waals surface area contributed by atoms with E-state index in [1.165, 1.54) is 28.5 Å². The molecule has 0 fully saturated rings. The number of hydrogen-bond donors (Lipinski definition) is 1. The van der Waals surface area contributed by atoms with Crippen LogP contribution in [0.15, 0.2) is 66.7 Å². The van der Waals surface area contributed by atoms with Gasteiger partial charge >= 0.3 is 0 Å². The highest BCUT2D eigenvalue weighted by Gasteiger charge is 2.37. The number of anilines is 1. The molecule has 0 aliphatic heterocycles. The van der Waals surface area contributed by atoms with Crippen molar-refractivity contribution >= 4 is 15.7 Å². The maximum absolute atomic E-state index is 11.8. The van der Waals surface area contributed by atoms with Gasteiger partial charge in [-0.25, -0.2) is 8.42 Å². The van der Waals surface area contributed by atoms with E-state index in [4.69, 9.17) is 4.74 Å². The highest BCUT2D eigenvalue weighted by Crippen LogP contribution is 2.45. The Morgan fingerprint density at radius 3 is 2.35 bits per heavy atom. The van der Waals surface area contributed by atoms with Gasteiger partial charge in [0.1, 0.15) is 5.75 Å². The van der Waals surface area contributed by atoms with Crippen LogP contribution < -0.4 is 9.46 Å². The van der Waals surface area contributed by atoms with Crippen molar-refractivity contribution in [3.05, 3.63) is 94.5 Å². The summed E-state index contributed by atoms with van der Waals surface area (Å²) in [5, 5.41) is 0. The first kappa shape index (κ1) is 21.4. The van der Waals surface area contributed by atoms with E-state index >= 15 is 0 Å². The molecule has 0 heterocycles. The summed E-state index contributed by atoms with van der Waals surface area (Å²) in [7, 11) is -3.36. The molecule has 5 heteroatoms. The largest absolute Gasteiger partial charge is 0.491 e. The molecular weight excluding hydrogens is 406 g/mol. The zero-order valence-corrected chi connectivity index (χ0v) is 19.3. The van der Waals surface area contributed by atoms with E-state index in [1.807, 2.05) is 32.0 Å². The summed E-state index contributed by atoms with van der Waals surface area (Å²) in [6, 6.07) is 22.7. The third-order valence-corrected chi connectivity index (χ3v) is 6.56. The van der Waals surface area contributed by atoms with E-state index in [0.717, 1.165) is 24.2 Å². The zero-order chi connectivity index (χ0) is 22.2. The molecule has 1 unspecified atom stereocenters. The fourth-order valence-electron chi connectivity index (χ4n) is 4.67. The Balaban J connectivity index is 1.93. The number of fused-ring (bicyclic) bond motifs is 2. The van der Waals surface area contributed by atoms with Crippen LogP contribution >= 0.6 is 0 Å². The van der Waals surface area contributed by atoms with Crippen molar-refractivity contribution in [2.24, 2.45) is 0 Å². The third kappa shape index (κ3) is 4.33. The Bertz CT molecular complexity index is 1220. The molecule has 0 saturated heterocycles. The molecule has 31 heavy (non-hydrogen) atoms. The van der Waals surface area contributed by atoms with E-state index in [1.54, 1.807) is 6.07 Å². The Labute approximate surface area is 185 Å². The van der Waals surface area contributed by atoms with Crippen LogP contribution in [0.3, 0.4) is 0 Å². The Hall–Kier alpha value is -2.79. The Morgan fingerprint density at radius 2 is 1.61 bits per heavy atom. The Kier molecular flexibility index (Phi) is 5.56. The number of ether oxygens (including phenoxy) is 1. The zero-order valence-electron chi connectivity index (χ0n) is 18.5. The van der Waals surface area contributed by atoms with Crippen molar-refractivity contribution in [2.75, 3.05) is 11.0 Å². The van der Waals surface area contributed by atoms with Crippen LogP contribution in [0.4, 0.5) is 5.69 Å². The summed E-state index contributed by atoms with van der Waals surface area (Å²) in [6.45, 7) is 6.30. The van der Waals surface area contributed by atoms with Crippen molar-refractivity contribution in [1.29, 1.82) is 0 Å². The van der Waals surface area contributed by atoms with Crippen LogP contribution in [0.25, 0.3) is 0 Å². The maximum Gasteiger partial charge on any atom is 0.229 e. The monoisotopic (exact) mass is 435 g/mol. The predicted molar refractivity (Wildman–Crippen MR) is 127 cm³/mol. The molecule has 162 valence electrons. The second-order valence-corrected chi connectivity index (χ2v) is 10.5. The lowest BCUT2D eigenvalue weighted by molar-refractivity contribution is 0.242. The second kappa shape index (κ2) is 8.04. The van der Waals surface area contributed by atoms with Gasteiger partial charge in [0, 0.05) is 11.1 Å². The average molecular weight is 436 g/mol. The van der Waals surface area contributed by atoms with Crippen molar-refractivity contribution in [2.45, 2.75) is 45.1 Å². The lowest BCUT2D eigenvalue weighted by Crippen LogP contribution is -2.27. The van der Waals surface area contributed by atoms with Crippen molar-refractivity contribution in [3.8, 4) is 5.75 Å². The number of sulfonamides is 1. The summed E-state index contributed by atoms with van der Waals surface area (Å²) in [5.74, 6) is 0.884. The van der Waals surface area contributed by atoms with E-state index < -0.39 is 15.4 Å². The van der Waals surface area contributed by atoms with Gasteiger partial charge in [-0.05, 0) is 85.7 Å². The average Bonchev–Trinajstić information content (AvgIpc) is 2.82. The van der Waals surface area contributed by atoms with E-state index in [2.05, 4.69) is 54.1 Å². The molecule has 0 bridgehead atoms. The number of rotatable bonds is 5. The highest BCUT2D eigenvalue weighted by molar-refractivity contribution is 7.92. The van der Waals surface area contributed by atoms with E-state index in [9.17, 15) is 8.42 Å². The van der Waals surface area contributed by atoms with Gasteiger partial charge in [0.15, 0.2) is 0 Å². The van der Waals surface area contributed by atoms with Crippen molar-refractivity contribution < 1.29 is 13.2 Å². The van der Waals surface area contributed by atoms with Crippen LogP contribution in [0.2, 0.25) is 0 Å². The molecule has 1 N–H and O–H groups in total. The summed E-state index contributed by atoms with van der Waals surface area (Å²) in [5.41, 5.74) is 6.26. The van der Waals surface area contributed by atoms with Crippen molar-refractivity contribution in [1.82, 2.24) is 0 Å². The molecule has 4 rings (SSSR count). The fourth-order valence-corrected chi connectivity index (χ4v) is 5.22. The van der Waals surface area contributed by atoms with Gasteiger partial charge < -0.3 is 4.74 Å². The molecule has 3 aromatic carbocycles. The first-order valence-corrected chi connectivity index (χ1v) is 12.5. The molecule has 1 aliphatic carbocycles. The van der Waals surface area contributed by atoms with E-state index in [0.29, 0.717) is 5.69 Å². The van der Waals surface area contributed by atoms with E-state index in [-0.39, 0.29) is 6.10 Å². The highest BCUT2D eigenvalue weighted by atomic mass is 32.2. The molecule has 0 saturated carbocycles. The fraction of sp³-hybridized carbons (Fsp3) is 0.308. The molecule has 0 amide bonds. The molecule has 0 aromatic heterocycles. The predicted octanol–water partition coefficient (Wildman–Crippen LogP) is 5.30. The molecule has 0 spiro atoms. The lowest BCUT2D eigenvalue weighted by atomic mass is 9.69. The maximum atomic E-state index is 11.8. The third-order valence-electron chi connectivity index (χ3n) is 5.95.